The van der Waals surface area contributed by atoms with Crippen LogP contribution in [-0.4, -0.2) is 27.5 Å². The first-order valence-corrected chi connectivity index (χ1v) is 3.67. The molecule has 6 heteroatoms. The van der Waals surface area contributed by atoms with E-state index in [2.05, 4.69) is 0 Å². The number of phenolic OH excluding ortho intramolecular Hbond substituents is 1. The number of ketones is 1. The highest BCUT2D eigenvalue weighted by atomic mass is 16.6. The summed E-state index contributed by atoms with van der Waals surface area (Å²) in [6.45, 7) is -0.720. The Morgan fingerprint density at radius 1 is 1.50 bits per heavy atom. The molecule has 0 aliphatic heterocycles. The standard InChI is InChI=1S/C8H7NO5/c10-4-8(12)5-1-2-7(11)6(3-5)9(13)14/h1-3,10-11H,4H2. The predicted octanol–water partition coefficient (Wildman–Crippen LogP) is 0.475. The van der Waals surface area contributed by atoms with Crippen LogP contribution in [0.2, 0.25) is 0 Å². The Labute approximate surface area is 78.6 Å². The van der Waals surface area contributed by atoms with Crippen molar-refractivity contribution in [2.45, 2.75) is 0 Å². The molecule has 0 aliphatic carbocycles. The van der Waals surface area contributed by atoms with Crippen LogP contribution in [-0.2, 0) is 0 Å². The van der Waals surface area contributed by atoms with E-state index in [0.717, 1.165) is 12.1 Å². The van der Waals surface area contributed by atoms with Crippen molar-refractivity contribution >= 4 is 11.5 Å². The van der Waals surface area contributed by atoms with Gasteiger partial charge in [-0.1, -0.05) is 0 Å². The zero-order valence-electron chi connectivity index (χ0n) is 7.01. The van der Waals surface area contributed by atoms with Crippen LogP contribution in [0, 0.1) is 10.1 Å². The van der Waals surface area contributed by atoms with Gasteiger partial charge in [-0.2, -0.15) is 0 Å². The quantitative estimate of drug-likeness (QED) is 0.416. The number of nitro benzene ring substituents is 1. The molecule has 0 heterocycles. The van der Waals surface area contributed by atoms with Gasteiger partial charge in [0.2, 0.25) is 0 Å². The van der Waals surface area contributed by atoms with Gasteiger partial charge in [0.25, 0.3) is 0 Å². The normalized spacial score (nSPS) is 9.79. The highest BCUT2D eigenvalue weighted by molar-refractivity contribution is 5.97. The summed E-state index contributed by atoms with van der Waals surface area (Å²) < 4.78 is 0. The number of Topliss-reactive ketones (excluding diaryl/α,β-unsaturated/α-hetero) is 1. The van der Waals surface area contributed by atoms with Crippen molar-refractivity contribution in [2.24, 2.45) is 0 Å². The molecule has 0 amide bonds. The van der Waals surface area contributed by atoms with E-state index in [9.17, 15) is 14.9 Å². The number of nitro groups is 1. The number of rotatable bonds is 3. The third-order valence-electron chi connectivity index (χ3n) is 1.64. The number of hydrogen-bond acceptors (Lipinski definition) is 5. The van der Waals surface area contributed by atoms with Crippen LogP contribution in [0.25, 0.3) is 0 Å². The molecule has 0 bridgehead atoms. The van der Waals surface area contributed by atoms with Gasteiger partial charge in [-0.05, 0) is 12.1 Å². The molecule has 0 atom stereocenters. The fraction of sp³-hybridized carbons (Fsp3) is 0.125. The molecule has 0 spiro atoms. The summed E-state index contributed by atoms with van der Waals surface area (Å²) in [5.74, 6) is -1.14. The molecule has 74 valence electrons. The van der Waals surface area contributed by atoms with Crippen molar-refractivity contribution in [3.8, 4) is 5.75 Å². The number of aromatic hydroxyl groups is 1. The Balaban J connectivity index is 3.19. The molecule has 0 saturated heterocycles. The minimum atomic E-state index is -0.802. The van der Waals surface area contributed by atoms with Crippen LogP contribution in [0.1, 0.15) is 10.4 Å². The number of hydrogen-bond donors (Lipinski definition) is 2. The molecule has 0 saturated carbocycles. The molecule has 0 radical (unpaired) electrons. The van der Waals surface area contributed by atoms with Gasteiger partial charge in [0.05, 0.1) is 4.92 Å². The topological polar surface area (TPSA) is 101 Å². The summed E-state index contributed by atoms with van der Waals surface area (Å²) >= 11 is 0. The molecule has 1 aromatic carbocycles. The van der Waals surface area contributed by atoms with Crippen LogP contribution in [0.4, 0.5) is 5.69 Å². The fourth-order valence-electron chi connectivity index (χ4n) is 0.934. The number of carbonyl (C=O) groups excluding carboxylic acids is 1. The number of nitrogens with zero attached hydrogens (tertiary/aromatic N) is 1. The lowest BCUT2D eigenvalue weighted by molar-refractivity contribution is -0.385. The molecular weight excluding hydrogens is 190 g/mol. The first kappa shape index (κ1) is 10.1. The largest absolute Gasteiger partial charge is 0.502 e. The van der Waals surface area contributed by atoms with Gasteiger partial charge in [0.15, 0.2) is 11.5 Å². The number of aliphatic hydroxyl groups is 1. The smallest absolute Gasteiger partial charge is 0.311 e. The number of aliphatic hydroxyl groups excluding tert-OH is 1. The summed E-state index contributed by atoms with van der Waals surface area (Å²) in [6.07, 6.45) is 0. The molecule has 0 aliphatic rings. The maximum Gasteiger partial charge on any atom is 0.311 e. The minimum absolute atomic E-state index is 0.00278. The Morgan fingerprint density at radius 2 is 2.14 bits per heavy atom. The molecule has 0 unspecified atom stereocenters. The maximum absolute atomic E-state index is 10.9. The van der Waals surface area contributed by atoms with Crippen molar-refractivity contribution in [3.05, 3.63) is 33.9 Å². The second kappa shape index (κ2) is 3.84. The highest BCUT2D eigenvalue weighted by Gasteiger charge is 2.16. The zero-order valence-corrected chi connectivity index (χ0v) is 7.01. The monoisotopic (exact) mass is 197 g/mol. The summed E-state index contributed by atoms with van der Waals surface area (Å²) in [6, 6.07) is 3.18. The van der Waals surface area contributed by atoms with Gasteiger partial charge in [-0.15, -0.1) is 0 Å². The van der Waals surface area contributed by atoms with Crippen LogP contribution >= 0.6 is 0 Å². The van der Waals surface area contributed by atoms with Crippen molar-refractivity contribution in [2.75, 3.05) is 6.61 Å². The van der Waals surface area contributed by atoms with E-state index >= 15 is 0 Å². The van der Waals surface area contributed by atoms with E-state index in [4.69, 9.17) is 10.2 Å². The molecule has 1 rings (SSSR count). The number of benzene rings is 1. The van der Waals surface area contributed by atoms with Crippen molar-refractivity contribution < 1.29 is 19.9 Å². The number of phenols is 1. The lowest BCUT2D eigenvalue weighted by atomic mass is 10.1. The van der Waals surface area contributed by atoms with Gasteiger partial charge < -0.3 is 10.2 Å². The second-order valence-electron chi connectivity index (χ2n) is 2.54. The average Bonchev–Trinajstić information content (AvgIpc) is 2.17. The van der Waals surface area contributed by atoms with Gasteiger partial charge in [-0.25, -0.2) is 0 Å². The van der Waals surface area contributed by atoms with E-state index in [1.54, 1.807) is 0 Å². The molecule has 0 fully saturated rings. The minimum Gasteiger partial charge on any atom is -0.502 e. The Morgan fingerprint density at radius 3 is 2.64 bits per heavy atom. The SMILES string of the molecule is O=C(CO)c1ccc(O)c([N+](=O)[O-])c1. The first-order chi connectivity index (χ1) is 6.56. The van der Waals surface area contributed by atoms with Crippen LogP contribution in [0.5, 0.6) is 5.75 Å². The van der Waals surface area contributed by atoms with Gasteiger partial charge in [0, 0.05) is 11.6 Å². The molecule has 2 N–H and O–H groups in total. The van der Waals surface area contributed by atoms with Gasteiger partial charge in [-0.3, -0.25) is 14.9 Å². The Bertz CT molecular complexity index is 387. The fourth-order valence-corrected chi connectivity index (χ4v) is 0.934. The van der Waals surface area contributed by atoms with Gasteiger partial charge in [0.1, 0.15) is 6.61 Å². The second-order valence-corrected chi connectivity index (χ2v) is 2.54. The van der Waals surface area contributed by atoms with Gasteiger partial charge >= 0.3 is 5.69 Å². The lowest BCUT2D eigenvalue weighted by Gasteiger charge is -1.99. The predicted molar refractivity (Wildman–Crippen MR) is 46.2 cm³/mol. The van der Waals surface area contributed by atoms with E-state index in [-0.39, 0.29) is 5.56 Å². The maximum atomic E-state index is 10.9. The average molecular weight is 197 g/mol. The molecule has 1 aromatic rings. The van der Waals surface area contributed by atoms with Crippen LogP contribution in [0.3, 0.4) is 0 Å². The van der Waals surface area contributed by atoms with Crippen LogP contribution < -0.4 is 0 Å². The van der Waals surface area contributed by atoms with Crippen molar-refractivity contribution in [3.63, 3.8) is 0 Å². The summed E-state index contributed by atoms with van der Waals surface area (Å²) in [7, 11) is 0. The molecular formula is C8H7NO5. The van der Waals surface area contributed by atoms with E-state index in [1.165, 1.54) is 6.07 Å². The summed E-state index contributed by atoms with van der Waals surface area (Å²) in [5, 5.41) is 27.9. The molecule has 14 heavy (non-hydrogen) atoms. The van der Waals surface area contributed by atoms with Crippen LogP contribution in [0.15, 0.2) is 18.2 Å². The summed E-state index contributed by atoms with van der Waals surface area (Å²) in [4.78, 5) is 20.5. The summed E-state index contributed by atoms with van der Waals surface area (Å²) in [5.41, 5.74) is -0.554. The van der Waals surface area contributed by atoms with E-state index < -0.39 is 28.8 Å². The molecule has 6 nitrogen and oxygen atoms in total. The Hall–Kier alpha value is -1.95. The number of carbonyl (C=O) groups is 1. The van der Waals surface area contributed by atoms with Crippen molar-refractivity contribution in [1.82, 2.24) is 0 Å². The first-order valence-electron chi connectivity index (χ1n) is 3.67. The third-order valence-corrected chi connectivity index (χ3v) is 1.64. The van der Waals surface area contributed by atoms with E-state index in [0.29, 0.717) is 0 Å². The highest BCUT2D eigenvalue weighted by Crippen LogP contribution is 2.26. The molecule has 0 aromatic heterocycles. The Kier molecular flexibility index (Phi) is 2.78. The van der Waals surface area contributed by atoms with E-state index in [1.807, 2.05) is 0 Å². The third kappa shape index (κ3) is 1.86. The lowest BCUT2D eigenvalue weighted by Crippen LogP contribution is -2.04. The van der Waals surface area contributed by atoms with Crippen molar-refractivity contribution in [1.29, 1.82) is 0 Å². The zero-order chi connectivity index (χ0) is 10.7.